The van der Waals surface area contributed by atoms with Crippen molar-refractivity contribution in [2.45, 2.75) is 13.0 Å². The zero-order chi connectivity index (χ0) is 14.7. The first-order valence-corrected chi connectivity index (χ1v) is 5.73. The molecular formula is C11H13N5O4. The Balaban J connectivity index is 2.15. The second kappa shape index (κ2) is 5.61. The van der Waals surface area contributed by atoms with Crippen molar-refractivity contribution in [3.8, 4) is 0 Å². The van der Waals surface area contributed by atoms with Crippen LogP contribution in [0, 0.1) is 6.92 Å². The Bertz CT molecular complexity index is 653. The van der Waals surface area contributed by atoms with E-state index in [1.165, 1.54) is 24.1 Å². The highest BCUT2D eigenvalue weighted by atomic mass is 16.5. The molecule has 2 aromatic heterocycles. The van der Waals surface area contributed by atoms with E-state index in [2.05, 4.69) is 20.4 Å². The number of aliphatic carboxylic acids is 1. The van der Waals surface area contributed by atoms with E-state index < -0.39 is 18.0 Å². The lowest BCUT2D eigenvalue weighted by Crippen LogP contribution is -2.38. The lowest BCUT2D eigenvalue weighted by molar-refractivity contribution is -0.148. The van der Waals surface area contributed by atoms with Crippen LogP contribution in [0.15, 0.2) is 12.5 Å². The molecule has 0 radical (unpaired) electrons. The number of aryl methyl sites for hydroxylation is 1. The van der Waals surface area contributed by atoms with Gasteiger partial charge in [-0.2, -0.15) is 10.1 Å². The summed E-state index contributed by atoms with van der Waals surface area (Å²) in [7, 11) is 1.26. The van der Waals surface area contributed by atoms with Gasteiger partial charge in [0.05, 0.1) is 17.8 Å². The molecule has 2 N–H and O–H groups in total. The molecule has 9 heteroatoms. The Labute approximate surface area is 113 Å². The van der Waals surface area contributed by atoms with E-state index in [-0.39, 0.29) is 6.54 Å². The van der Waals surface area contributed by atoms with E-state index in [9.17, 15) is 9.59 Å². The van der Waals surface area contributed by atoms with Crippen LogP contribution in [0.25, 0.3) is 5.78 Å². The highest BCUT2D eigenvalue weighted by Gasteiger charge is 2.19. The summed E-state index contributed by atoms with van der Waals surface area (Å²) in [6.07, 6.45) is 1.61. The SMILES string of the molecule is COC(CNC(=O)c1cnc2ncnn2c1C)C(=O)O. The summed E-state index contributed by atoms with van der Waals surface area (Å²) in [5.74, 6) is -1.20. The fraction of sp³-hybridized carbons (Fsp3) is 0.364. The molecule has 0 aliphatic heterocycles. The molecule has 2 aromatic rings. The molecule has 0 fully saturated rings. The van der Waals surface area contributed by atoms with E-state index in [1.54, 1.807) is 6.92 Å². The maximum atomic E-state index is 12.0. The number of carbonyl (C=O) groups is 2. The number of hydrogen-bond acceptors (Lipinski definition) is 6. The number of ether oxygens (including phenoxy) is 1. The van der Waals surface area contributed by atoms with Crippen LogP contribution in [0.5, 0.6) is 0 Å². The molecule has 20 heavy (non-hydrogen) atoms. The van der Waals surface area contributed by atoms with Crippen LogP contribution in [0.4, 0.5) is 0 Å². The average Bonchev–Trinajstić information content (AvgIpc) is 2.88. The van der Waals surface area contributed by atoms with E-state index in [0.29, 0.717) is 17.0 Å². The third-order valence-corrected chi connectivity index (χ3v) is 2.80. The molecule has 2 heterocycles. The van der Waals surface area contributed by atoms with Crippen molar-refractivity contribution in [3.05, 3.63) is 23.8 Å². The maximum absolute atomic E-state index is 12.0. The van der Waals surface area contributed by atoms with Crippen molar-refractivity contribution >= 4 is 17.7 Å². The first-order chi connectivity index (χ1) is 9.54. The van der Waals surface area contributed by atoms with Gasteiger partial charge in [0.15, 0.2) is 6.10 Å². The van der Waals surface area contributed by atoms with Crippen molar-refractivity contribution < 1.29 is 19.4 Å². The lowest BCUT2D eigenvalue weighted by atomic mass is 10.2. The Hall–Kier alpha value is -2.55. The molecule has 0 bridgehead atoms. The number of aromatic nitrogens is 4. The third kappa shape index (κ3) is 2.57. The minimum absolute atomic E-state index is 0.139. The van der Waals surface area contributed by atoms with Gasteiger partial charge in [-0.3, -0.25) is 4.79 Å². The molecule has 1 unspecified atom stereocenters. The molecule has 9 nitrogen and oxygen atoms in total. The number of nitrogens with one attached hydrogen (secondary N) is 1. The average molecular weight is 279 g/mol. The predicted molar refractivity (Wildman–Crippen MR) is 66.3 cm³/mol. The van der Waals surface area contributed by atoms with Gasteiger partial charge in [-0.05, 0) is 6.92 Å². The van der Waals surface area contributed by atoms with Gasteiger partial charge >= 0.3 is 5.97 Å². The van der Waals surface area contributed by atoms with Crippen LogP contribution in [-0.2, 0) is 9.53 Å². The molecular weight excluding hydrogens is 266 g/mol. The quantitative estimate of drug-likeness (QED) is 0.740. The summed E-state index contributed by atoms with van der Waals surface area (Å²) in [6, 6.07) is 0. The lowest BCUT2D eigenvalue weighted by Gasteiger charge is -2.12. The van der Waals surface area contributed by atoms with Crippen LogP contribution in [0.2, 0.25) is 0 Å². The second-order valence-electron chi connectivity index (χ2n) is 4.00. The number of methoxy groups -OCH3 is 1. The van der Waals surface area contributed by atoms with E-state index in [4.69, 9.17) is 9.84 Å². The molecule has 2 rings (SSSR count). The molecule has 1 atom stereocenters. The molecule has 0 aromatic carbocycles. The number of carboxylic acids is 1. The van der Waals surface area contributed by atoms with Crippen molar-refractivity contribution in [3.63, 3.8) is 0 Å². The van der Waals surface area contributed by atoms with Crippen molar-refractivity contribution in [1.82, 2.24) is 24.9 Å². The third-order valence-electron chi connectivity index (χ3n) is 2.80. The van der Waals surface area contributed by atoms with E-state index >= 15 is 0 Å². The number of rotatable bonds is 5. The maximum Gasteiger partial charge on any atom is 0.334 e. The van der Waals surface area contributed by atoms with Crippen molar-refractivity contribution in [2.75, 3.05) is 13.7 Å². The first-order valence-electron chi connectivity index (χ1n) is 5.73. The van der Waals surface area contributed by atoms with Crippen LogP contribution in [-0.4, -0.2) is 56.3 Å². The Morgan fingerprint density at radius 2 is 2.25 bits per heavy atom. The van der Waals surface area contributed by atoms with Gasteiger partial charge in [0.1, 0.15) is 6.33 Å². The van der Waals surface area contributed by atoms with Crippen LogP contribution in [0.1, 0.15) is 16.1 Å². The van der Waals surface area contributed by atoms with Crippen LogP contribution < -0.4 is 5.32 Å². The minimum atomic E-state index is -1.14. The molecule has 0 aliphatic carbocycles. The van der Waals surface area contributed by atoms with Gasteiger partial charge in [0, 0.05) is 13.3 Å². The summed E-state index contributed by atoms with van der Waals surface area (Å²) in [5.41, 5.74) is 0.859. The van der Waals surface area contributed by atoms with E-state index in [1.807, 2.05) is 0 Å². The monoisotopic (exact) mass is 279 g/mol. The number of fused-ring (bicyclic) bond motifs is 1. The normalized spacial score (nSPS) is 12.3. The summed E-state index contributed by atoms with van der Waals surface area (Å²) in [5, 5.41) is 15.2. The number of hydrogen-bond donors (Lipinski definition) is 2. The summed E-state index contributed by atoms with van der Waals surface area (Å²) in [4.78, 5) is 30.7. The fourth-order valence-corrected chi connectivity index (χ4v) is 1.66. The summed E-state index contributed by atoms with van der Waals surface area (Å²) >= 11 is 0. The fourth-order valence-electron chi connectivity index (χ4n) is 1.66. The van der Waals surface area contributed by atoms with Gasteiger partial charge < -0.3 is 15.2 Å². The number of carboxylic acid groups (broad SMARTS) is 1. The minimum Gasteiger partial charge on any atom is -0.479 e. The number of nitrogens with zero attached hydrogens (tertiary/aromatic N) is 4. The predicted octanol–water partition coefficient (Wildman–Crippen LogP) is -0.738. The zero-order valence-corrected chi connectivity index (χ0v) is 10.9. The van der Waals surface area contributed by atoms with Gasteiger partial charge in [-0.25, -0.2) is 14.3 Å². The van der Waals surface area contributed by atoms with Crippen molar-refractivity contribution in [2.24, 2.45) is 0 Å². The molecule has 0 saturated heterocycles. The van der Waals surface area contributed by atoms with Gasteiger partial charge in [0.2, 0.25) is 0 Å². The standard InChI is InChI=1S/C11H13N5O4/c1-6-7(3-13-11-14-5-15-16(6)11)9(17)12-4-8(20-2)10(18)19/h3,5,8H,4H2,1-2H3,(H,12,17)(H,18,19). The van der Waals surface area contributed by atoms with Crippen LogP contribution >= 0.6 is 0 Å². The molecule has 106 valence electrons. The molecule has 0 aliphatic rings. The van der Waals surface area contributed by atoms with Gasteiger partial charge in [0.25, 0.3) is 11.7 Å². The molecule has 0 spiro atoms. The first kappa shape index (κ1) is 13.9. The molecule has 0 saturated carbocycles. The largest absolute Gasteiger partial charge is 0.479 e. The van der Waals surface area contributed by atoms with E-state index in [0.717, 1.165) is 0 Å². The highest BCUT2D eigenvalue weighted by Crippen LogP contribution is 2.07. The summed E-state index contributed by atoms with van der Waals surface area (Å²) < 4.78 is 6.16. The van der Waals surface area contributed by atoms with Gasteiger partial charge in [-0.1, -0.05) is 0 Å². The second-order valence-corrected chi connectivity index (χ2v) is 4.00. The zero-order valence-electron chi connectivity index (χ0n) is 10.9. The number of amides is 1. The van der Waals surface area contributed by atoms with Crippen LogP contribution in [0.3, 0.4) is 0 Å². The smallest absolute Gasteiger partial charge is 0.334 e. The molecule has 1 amide bonds. The number of carbonyl (C=O) groups excluding carboxylic acids is 1. The Kier molecular flexibility index (Phi) is 3.89. The Morgan fingerprint density at radius 1 is 1.50 bits per heavy atom. The topological polar surface area (TPSA) is 119 Å². The highest BCUT2D eigenvalue weighted by molar-refractivity contribution is 5.95. The Morgan fingerprint density at radius 3 is 2.90 bits per heavy atom. The van der Waals surface area contributed by atoms with Gasteiger partial charge in [-0.15, -0.1) is 0 Å². The van der Waals surface area contributed by atoms with Crippen molar-refractivity contribution in [1.29, 1.82) is 0 Å². The summed E-state index contributed by atoms with van der Waals surface area (Å²) in [6.45, 7) is 1.56.